The number of phosphoric ester groups is 2. The van der Waals surface area contributed by atoms with Crippen molar-refractivity contribution in [1.82, 2.24) is 0 Å². The van der Waals surface area contributed by atoms with E-state index >= 15 is 0 Å². The predicted molar refractivity (Wildman–Crippen MR) is 399 cm³/mol. The molecular formula is C79H130O16P2. The first-order valence-electron chi connectivity index (χ1n) is 36.8. The van der Waals surface area contributed by atoms with Crippen molar-refractivity contribution in [2.75, 3.05) is 39.6 Å². The summed E-state index contributed by atoms with van der Waals surface area (Å²) in [5.74, 6) is -1.67. The van der Waals surface area contributed by atoms with E-state index in [0.29, 0.717) is 25.7 Å². The number of aliphatic hydroxyl groups is 2. The minimum atomic E-state index is -4.95. The molecule has 0 saturated heterocycles. The largest absolute Gasteiger partial charge is 0.472 e. The normalized spacial score (nSPS) is 15.0. The Bertz CT molecular complexity index is 2400. The predicted octanol–water partition coefficient (Wildman–Crippen LogP) is 21.1. The molecule has 0 heterocycles. The number of ether oxygens (including phenoxy) is 3. The molecule has 0 radical (unpaired) electrons. The zero-order chi connectivity index (χ0) is 70.9. The number of rotatable bonds is 68. The zero-order valence-corrected chi connectivity index (χ0v) is 61.7. The van der Waals surface area contributed by atoms with Gasteiger partial charge in [-0.3, -0.25) is 32.5 Å². The molecule has 0 aliphatic rings. The van der Waals surface area contributed by atoms with Crippen LogP contribution in [0.15, 0.2) is 158 Å². The van der Waals surface area contributed by atoms with Crippen LogP contribution in [-0.4, -0.2) is 95.9 Å². The van der Waals surface area contributed by atoms with Crippen LogP contribution in [0.1, 0.15) is 265 Å². The first-order chi connectivity index (χ1) is 47.2. The standard InChI is InChI=1S/C79H130O16P2/c1-4-7-10-13-16-19-22-25-28-30-31-32-33-34-35-36-37-38-39-40-41-43-46-47-50-53-56-59-62-65-77(82)89-68-74(80)69-91-96(85,86)92-70-75(81)71-93-97(87,88)94-73-76(95-79(84)67-64-61-58-55-52-49-44-27-24-21-18-15-12-9-6-3)72-90-78(83)66-63-60-57-54-51-48-45-42-29-26-23-20-17-14-11-8-5-2/h7-8,10-11,16-21,25-29,31-32,34-35,37-38,44-45,48,54,57,74-76,80-81H,4-6,9,12-15,22-24,30,33,36,39-43,46-47,49-53,55-56,58-73H2,1-3H3,(H,85,86)(H,87,88)/b10-7-,11-8-,19-16-,20-17-,21-18-,28-25-,29-26-,32-31-,35-34-,38-37-,44-27-,48-45-,57-54-. The van der Waals surface area contributed by atoms with Crippen molar-refractivity contribution < 1.29 is 75.8 Å². The van der Waals surface area contributed by atoms with Gasteiger partial charge < -0.3 is 34.2 Å². The van der Waals surface area contributed by atoms with Gasteiger partial charge in [0.25, 0.3) is 0 Å². The van der Waals surface area contributed by atoms with Crippen LogP contribution >= 0.6 is 15.6 Å². The van der Waals surface area contributed by atoms with Crippen LogP contribution in [0.25, 0.3) is 0 Å². The fraction of sp³-hybridized carbons (Fsp3) is 0.633. The van der Waals surface area contributed by atoms with Crippen LogP contribution in [0.4, 0.5) is 0 Å². The van der Waals surface area contributed by atoms with Crippen molar-refractivity contribution in [2.24, 2.45) is 0 Å². The molecule has 0 aromatic carbocycles. The highest BCUT2D eigenvalue weighted by Gasteiger charge is 2.29. The second-order valence-corrected chi connectivity index (χ2v) is 26.9. The number of esters is 3. The molecule has 97 heavy (non-hydrogen) atoms. The maximum absolute atomic E-state index is 12.9. The van der Waals surface area contributed by atoms with Gasteiger partial charge in [0, 0.05) is 19.3 Å². The van der Waals surface area contributed by atoms with E-state index in [1.165, 1.54) is 51.4 Å². The Morgan fingerprint density at radius 3 is 0.907 bits per heavy atom. The van der Waals surface area contributed by atoms with Crippen LogP contribution in [0.3, 0.4) is 0 Å². The molecule has 4 N–H and O–H groups in total. The van der Waals surface area contributed by atoms with Crippen LogP contribution < -0.4 is 0 Å². The Hall–Kier alpha value is -4.83. The third-order valence-corrected chi connectivity index (χ3v) is 16.6. The monoisotopic (exact) mass is 1400 g/mol. The molecule has 0 bridgehead atoms. The van der Waals surface area contributed by atoms with Crippen molar-refractivity contribution in [3.05, 3.63) is 158 Å². The highest BCUT2D eigenvalue weighted by Crippen LogP contribution is 2.45. The van der Waals surface area contributed by atoms with Crippen LogP contribution in [0.5, 0.6) is 0 Å². The molecule has 0 aliphatic carbocycles. The SMILES string of the molecule is CC/C=C\C/C=C\C/C=C\C/C=C\C/C=C\C/C=C\CCCCCCCCCCCCC(=O)OCC(O)COP(=O)(O)OCC(O)COP(=O)(O)OCC(COC(=O)CCC/C=C\C/C=C\C/C=C\C/C=C\C/C=C\CC)OC(=O)CCCCCCC/C=C\C/C=C\CCCCC. The average Bonchev–Trinajstić information content (AvgIpc) is 1.48. The summed E-state index contributed by atoms with van der Waals surface area (Å²) in [7, 11) is -9.81. The molecule has 5 atom stereocenters. The number of aliphatic hydroxyl groups excluding tert-OH is 2. The Morgan fingerprint density at radius 1 is 0.299 bits per heavy atom. The average molecular weight is 1400 g/mol. The number of allylic oxidation sites excluding steroid dienone is 26. The number of phosphoric acid groups is 2. The lowest BCUT2D eigenvalue weighted by molar-refractivity contribution is -0.161. The summed E-state index contributed by atoms with van der Waals surface area (Å²) in [4.78, 5) is 58.5. The molecule has 0 amide bonds. The number of carbonyl (C=O) groups is 3. The van der Waals surface area contributed by atoms with Crippen molar-refractivity contribution >= 4 is 33.6 Å². The van der Waals surface area contributed by atoms with Crippen LogP contribution in [0, 0.1) is 0 Å². The summed E-state index contributed by atoms with van der Waals surface area (Å²) in [5.41, 5.74) is 0. The lowest BCUT2D eigenvalue weighted by Crippen LogP contribution is -2.30. The van der Waals surface area contributed by atoms with Crippen LogP contribution in [-0.2, 0) is 55.8 Å². The number of hydrogen-bond acceptors (Lipinski definition) is 14. The molecule has 18 heteroatoms. The highest BCUT2D eigenvalue weighted by atomic mass is 31.2. The Labute approximate surface area is 587 Å². The van der Waals surface area contributed by atoms with Gasteiger partial charge in [0.15, 0.2) is 6.10 Å². The third kappa shape index (κ3) is 72.2. The van der Waals surface area contributed by atoms with Gasteiger partial charge in [-0.25, -0.2) is 9.13 Å². The minimum Gasteiger partial charge on any atom is -0.463 e. The topological polar surface area (TPSA) is 231 Å². The molecule has 0 aromatic heterocycles. The summed E-state index contributed by atoms with van der Waals surface area (Å²) >= 11 is 0. The van der Waals surface area contributed by atoms with Crippen molar-refractivity contribution in [2.45, 2.75) is 283 Å². The highest BCUT2D eigenvalue weighted by molar-refractivity contribution is 7.47. The molecule has 0 saturated carbocycles. The van der Waals surface area contributed by atoms with E-state index in [0.717, 1.165) is 148 Å². The van der Waals surface area contributed by atoms with E-state index in [-0.39, 0.29) is 19.3 Å². The second-order valence-electron chi connectivity index (χ2n) is 24.0. The Morgan fingerprint density at radius 2 is 0.557 bits per heavy atom. The lowest BCUT2D eigenvalue weighted by atomic mass is 10.1. The first-order valence-corrected chi connectivity index (χ1v) is 39.8. The van der Waals surface area contributed by atoms with Gasteiger partial charge in [-0.15, -0.1) is 0 Å². The molecule has 5 unspecified atom stereocenters. The van der Waals surface area contributed by atoms with Gasteiger partial charge in [-0.2, -0.15) is 0 Å². The molecule has 0 aromatic rings. The number of unbranched alkanes of at least 4 members (excludes halogenated alkanes) is 19. The van der Waals surface area contributed by atoms with Gasteiger partial charge in [-0.05, 0) is 141 Å². The summed E-state index contributed by atoms with van der Waals surface area (Å²) in [6.45, 7) is 2.31. The third-order valence-electron chi connectivity index (χ3n) is 14.7. The van der Waals surface area contributed by atoms with E-state index in [2.05, 4.69) is 167 Å². The van der Waals surface area contributed by atoms with E-state index in [4.69, 9.17) is 32.3 Å². The van der Waals surface area contributed by atoms with Crippen LogP contribution in [0.2, 0.25) is 0 Å². The molecule has 0 aliphatic heterocycles. The maximum atomic E-state index is 12.9. The number of carbonyl (C=O) groups excluding carboxylic acids is 3. The van der Waals surface area contributed by atoms with Crippen molar-refractivity contribution in [3.63, 3.8) is 0 Å². The summed E-state index contributed by atoms with van der Waals surface area (Å²) in [6, 6.07) is 0. The molecule has 16 nitrogen and oxygen atoms in total. The Kier molecular flexibility index (Phi) is 67.5. The molecular weight excluding hydrogens is 1270 g/mol. The summed E-state index contributed by atoms with van der Waals surface area (Å²) < 4.78 is 60.9. The van der Waals surface area contributed by atoms with E-state index in [1.54, 1.807) is 0 Å². The lowest BCUT2D eigenvalue weighted by Gasteiger charge is -2.21. The molecule has 0 rings (SSSR count). The molecule has 552 valence electrons. The van der Waals surface area contributed by atoms with Gasteiger partial charge in [0.2, 0.25) is 0 Å². The maximum Gasteiger partial charge on any atom is 0.472 e. The minimum absolute atomic E-state index is 0.0718. The van der Waals surface area contributed by atoms with Gasteiger partial charge in [0.1, 0.15) is 25.4 Å². The van der Waals surface area contributed by atoms with Crippen molar-refractivity contribution in [1.29, 1.82) is 0 Å². The smallest absolute Gasteiger partial charge is 0.463 e. The van der Waals surface area contributed by atoms with Gasteiger partial charge in [0.05, 0.1) is 26.4 Å². The quantitative estimate of drug-likeness (QED) is 0.0146. The van der Waals surface area contributed by atoms with E-state index in [9.17, 15) is 43.5 Å². The second kappa shape index (κ2) is 71.0. The van der Waals surface area contributed by atoms with Gasteiger partial charge in [-0.1, -0.05) is 262 Å². The summed E-state index contributed by atoms with van der Waals surface area (Å²) in [5, 5.41) is 20.6. The van der Waals surface area contributed by atoms with E-state index in [1.807, 2.05) is 12.2 Å². The van der Waals surface area contributed by atoms with Gasteiger partial charge >= 0.3 is 33.6 Å². The zero-order valence-electron chi connectivity index (χ0n) is 59.9. The first kappa shape index (κ1) is 92.2. The van der Waals surface area contributed by atoms with Crippen molar-refractivity contribution in [3.8, 4) is 0 Å². The Balaban J connectivity index is 4.58. The summed E-state index contributed by atoms with van der Waals surface area (Å²) in [6.07, 6.45) is 87.3. The fourth-order valence-electron chi connectivity index (χ4n) is 9.17. The van der Waals surface area contributed by atoms with E-state index < -0.39 is 91.5 Å². The number of hydrogen-bond donors (Lipinski definition) is 4. The molecule has 0 spiro atoms. The fourth-order valence-corrected chi connectivity index (χ4v) is 10.8. The molecule has 0 fully saturated rings.